The molecule has 1 amide bonds. The lowest BCUT2D eigenvalue weighted by atomic mass is 9.62. The molecule has 0 spiro atoms. The predicted octanol–water partition coefficient (Wildman–Crippen LogP) is 6.07. The van der Waals surface area contributed by atoms with E-state index in [9.17, 15) is 4.79 Å². The van der Waals surface area contributed by atoms with Crippen LogP contribution in [0.3, 0.4) is 0 Å². The highest BCUT2D eigenvalue weighted by Crippen LogP contribution is 2.46. The molecule has 0 aliphatic heterocycles. The first-order valence-corrected chi connectivity index (χ1v) is 11.6. The van der Waals surface area contributed by atoms with Gasteiger partial charge in [-0.3, -0.25) is 4.79 Å². The molecule has 2 aromatic rings. The Kier molecular flexibility index (Phi) is 7.00. The number of carbonyl (C=O) groups is 1. The van der Waals surface area contributed by atoms with Crippen LogP contribution >= 0.6 is 0 Å². The lowest BCUT2D eigenvalue weighted by molar-refractivity contribution is 0.0753. The molecule has 4 heteroatoms. The second kappa shape index (κ2) is 9.20. The van der Waals surface area contributed by atoms with Gasteiger partial charge in [-0.1, -0.05) is 39.8 Å². The SMILES string of the molecule is Cc1cc2c(cc1Cc1ccc(C(=O)NCCCOC(C)C)o1)C(C)(C)CCC2(C)C. The number of hydrogen-bond donors (Lipinski definition) is 1. The Morgan fingerprint density at radius 1 is 1.10 bits per heavy atom. The van der Waals surface area contributed by atoms with Crippen LogP contribution in [0, 0.1) is 6.92 Å². The molecule has 0 bridgehead atoms. The summed E-state index contributed by atoms with van der Waals surface area (Å²) >= 11 is 0. The molecule has 0 saturated carbocycles. The number of rotatable bonds is 8. The number of amides is 1. The third-order valence-electron chi connectivity index (χ3n) is 6.62. The number of fused-ring (bicyclic) bond motifs is 1. The summed E-state index contributed by atoms with van der Waals surface area (Å²) in [6.07, 6.45) is 4.12. The first-order chi connectivity index (χ1) is 14.5. The van der Waals surface area contributed by atoms with Crippen LogP contribution in [0.25, 0.3) is 0 Å². The molecule has 1 aromatic heterocycles. The molecule has 0 saturated heterocycles. The van der Waals surface area contributed by atoms with Gasteiger partial charge in [0.15, 0.2) is 5.76 Å². The summed E-state index contributed by atoms with van der Waals surface area (Å²) in [4.78, 5) is 12.4. The molecule has 1 aliphatic rings. The van der Waals surface area contributed by atoms with E-state index in [4.69, 9.17) is 9.15 Å². The van der Waals surface area contributed by atoms with Crippen molar-refractivity contribution in [3.63, 3.8) is 0 Å². The van der Waals surface area contributed by atoms with Gasteiger partial charge in [0.2, 0.25) is 0 Å². The Labute approximate surface area is 187 Å². The van der Waals surface area contributed by atoms with E-state index in [1.807, 2.05) is 19.9 Å². The van der Waals surface area contributed by atoms with Crippen molar-refractivity contribution < 1.29 is 13.9 Å². The number of carbonyl (C=O) groups excluding carboxylic acids is 1. The Bertz CT molecular complexity index is 921. The predicted molar refractivity (Wildman–Crippen MR) is 126 cm³/mol. The maximum Gasteiger partial charge on any atom is 0.286 e. The number of ether oxygens (including phenoxy) is 1. The minimum atomic E-state index is -0.166. The van der Waals surface area contributed by atoms with Crippen molar-refractivity contribution in [2.75, 3.05) is 13.2 Å². The van der Waals surface area contributed by atoms with Gasteiger partial charge in [0.05, 0.1) is 6.10 Å². The number of benzene rings is 1. The van der Waals surface area contributed by atoms with Crippen molar-refractivity contribution in [2.24, 2.45) is 0 Å². The summed E-state index contributed by atoms with van der Waals surface area (Å²) in [6, 6.07) is 8.45. The van der Waals surface area contributed by atoms with Gasteiger partial charge in [0, 0.05) is 19.6 Å². The zero-order valence-corrected chi connectivity index (χ0v) is 20.4. The van der Waals surface area contributed by atoms with Crippen LogP contribution < -0.4 is 5.32 Å². The van der Waals surface area contributed by atoms with E-state index in [1.54, 1.807) is 6.07 Å². The highest BCUT2D eigenvalue weighted by atomic mass is 16.5. The molecule has 0 atom stereocenters. The summed E-state index contributed by atoms with van der Waals surface area (Å²) in [5.74, 6) is 1.03. The van der Waals surface area contributed by atoms with Crippen LogP contribution in [0.5, 0.6) is 0 Å². The maximum absolute atomic E-state index is 12.4. The minimum Gasteiger partial charge on any atom is -0.456 e. The van der Waals surface area contributed by atoms with Crippen LogP contribution in [0.4, 0.5) is 0 Å². The summed E-state index contributed by atoms with van der Waals surface area (Å²) < 4.78 is 11.4. The van der Waals surface area contributed by atoms with E-state index >= 15 is 0 Å². The summed E-state index contributed by atoms with van der Waals surface area (Å²) in [5, 5.41) is 2.91. The van der Waals surface area contributed by atoms with E-state index < -0.39 is 0 Å². The van der Waals surface area contributed by atoms with Crippen molar-refractivity contribution in [2.45, 2.75) is 91.1 Å². The first-order valence-electron chi connectivity index (χ1n) is 11.6. The number of aryl methyl sites for hydroxylation is 1. The number of hydrogen-bond acceptors (Lipinski definition) is 3. The van der Waals surface area contributed by atoms with Gasteiger partial charge in [-0.05, 0) is 85.3 Å². The van der Waals surface area contributed by atoms with E-state index in [1.165, 1.54) is 35.1 Å². The number of furan rings is 1. The van der Waals surface area contributed by atoms with Crippen molar-refractivity contribution in [3.05, 3.63) is 58.0 Å². The fourth-order valence-electron chi connectivity index (χ4n) is 4.42. The number of nitrogens with one attached hydrogen (secondary N) is 1. The average molecular weight is 426 g/mol. The third-order valence-corrected chi connectivity index (χ3v) is 6.62. The van der Waals surface area contributed by atoms with Gasteiger partial charge in [0.1, 0.15) is 5.76 Å². The van der Waals surface area contributed by atoms with E-state index in [-0.39, 0.29) is 22.8 Å². The van der Waals surface area contributed by atoms with Gasteiger partial charge in [-0.2, -0.15) is 0 Å². The standard InChI is InChI=1S/C27H39NO3/c1-18(2)30-14-8-13-28-25(29)24-10-9-21(31-24)16-20-17-23-22(15-19(20)3)26(4,5)11-12-27(23,6)7/h9-10,15,17-18H,8,11-14,16H2,1-7H3,(H,28,29). The molecule has 1 aliphatic carbocycles. The Balaban J connectivity index is 1.69. The van der Waals surface area contributed by atoms with Crippen LogP contribution in [0.15, 0.2) is 28.7 Å². The molecule has 31 heavy (non-hydrogen) atoms. The summed E-state index contributed by atoms with van der Waals surface area (Å²) in [7, 11) is 0. The molecule has 0 radical (unpaired) electrons. The van der Waals surface area contributed by atoms with Crippen LogP contribution in [0.1, 0.15) is 99.4 Å². The Morgan fingerprint density at radius 2 is 1.74 bits per heavy atom. The van der Waals surface area contributed by atoms with Gasteiger partial charge in [-0.25, -0.2) is 0 Å². The molecule has 1 aromatic carbocycles. The zero-order chi connectivity index (χ0) is 22.8. The van der Waals surface area contributed by atoms with Crippen molar-refractivity contribution in [3.8, 4) is 0 Å². The maximum atomic E-state index is 12.4. The summed E-state index contributed by atoms with van der Waals surface area (Å²) in [5.41, 5.74) is 5.89. The van der Waals surface area contributed by atoms with Crippen molar-refractivity contribution >= 4 is 5.91 Å². The topological polar surface area (TPSA) is 51.5 Å². The second-order valence-corrected chi connectivity index (χ2v) is 10.6. The molecule has 0 unspecified atom stereocenters. The molecule has 170 valence electrons. The van der Waals surface area contributed by atoms with E-state index in [0.717, 1.165) is 12.2 Å². The lowest BCUT2D eigenvalue weighted by Gasteiger charge is -2.42. The third kappa shape index (κ3) is 5.60. The van der Waals surface area contributed by atoms with E-state index in [2.05, 4.69) is 52.1 Å². The lowest BCUT2D eigenvalue weighted by Crippen LogP contribution is -2.34. The van der Waals surface area contributed by atoms with Crippen LogP contribution in [-0.2, 0) is 22.0 Å². The fraction of sp³-hybridized carbons (Fsp3) is 0.593. The van der Waals surface area contributed by atoms with E-state index in [0.29, 0.717) is 25.3 Å². The highest BCUT2D eigenvalue weighted by Gasteiger charge is 2.37. The van der Waals surface area contributed by atoms with Gasteiger partial charge >= 0.3 is 0 Å². The summed E-state index contributed by atoms with van der Waals surface area (Å²) in [6.45, 7) is 16.8. The first kappa shape index (κ1) is 23.6. The van der Waals surface area contributed by atoms with Gasteiger partial charge in [0.25, 0.3) is 5.91 Å². The monoisotopic (exact) mass is 425 g/mol. The minimum absolute atomic E-state index is 0.166. The Morgan fingerprint density at radius 3 is 2.39 bits per heavy atom. The molecule has 4 nitrogen and oxygen atoms in total. The molecular formula is C27H39NO3. The highest BCUT2D eigenvalue weighted by molar-refractivity contribution is 5.91. The smallest absolute Gasteiger partial charge is 0.286 e. The van der Waals surface area contributed by atoms with Crippen LogP contribution in [-0.4, -0.2) is 25.2 Å². The van der Waals surface area contributed by atoms with Gasteiger partial charge in [-0.15, -0.1) is 0 Å². The zero-order valence-electron chi connectivity index (χ0n) is 20.4. The van der Waals surface area contributed by atoms with Crippen LogP contribution in [0.2, 0.25) is 0 Å². The molecule has 0 fully saturated rings. The second-order valence-electron chi connectivity index (χ2n) is 10.6. The van der Waals surface area contributed by atoms with Gasteiger partial charge < -0.3 is 14.5 Å². The molecule has 3 rings (SSSR count). The largest absolute Gasteiger partial charge is 0.456 e. The molecular weight excluding hydrogens is 386 g/mol. The quantitative estimate of drug-likeness (QED) is 0.522. The Hall–Kier alpha value is -2.07. The fourth-order valence-corrected chi connectivity index (χ4v) is 4.42. The van der Waals surface area contributed by atoms with Crippen molar-refractivity contribution in [1.82, 2.24) is 5.32 Å². The molecule has 1 heterocycles. The van der Waals surface area contributed by atoms with Crippen molar-refractivity contribution in [1.29, 1.82) is 0 Å². The molecule has 1 N–H and O–H groups in total. The normalized spacial score (nSPS) is 16.9. The average Bonchev–Trinajstić information content (AvgIpc) is 3.15.